The summed E-state index contributed by atoms with van der Waals surface area (Å²) >= 11 is 0. The number of hydrogen-bond donors (Lipinski definition) is 0. The SMILES string of the molecule is COC1(C=O)CN(C2COC2)C1. The summed E-state index contributed by atoms with van der Waals surface area (Å²) in [5.74, 6) is 0. The van der Waals surface area contributed by atoms with Crippen molar-refractivity contribution in [3.05, 3.63) is 0 Å². The van der Waals surface area contributed by atoms with Gasteiger partial charge in [-0.25, -0.2) is 0 Å². The van der Waals surface area contributed by atoms with Gasteiger partial charge in [-0.05, 0) is 0 Å². The largest absolute Gasteiger partial charge is 0.378 e. The molecule has 0 aliphatic carbocycles. The molecule has 4 heteroatoms. The van der Waals surface area contributed by atoms with Crippen molar-refractivity contribution in [3.8, 4) is 0 Å². The van der Waals surface area contributed by atoms with Crippen molar-refractivity contribution in [3.63, 3.8) is 0 Å². The Morgan fingerprint density at radius 1 is 1.58 bits per heavy atom. The van der Waals surface area contributed by atoms with Gasteiger partial charge in [0, 0.05) is 20.2 Å². The van der Waals surface area contributed by atoms with Crippen molar-refractivity contribution in [1.82, 2.24) is 4.90 Å². The maximum atomic E-state index is 10.6. The smallest absolute Gasteiger partial charge is 0.154 e. The third-order valence-corrected chi connectivity index (χ3v) is 2.70. The van der Waals surface area contributed by atoms with Gasteiger partial charge in [-0.15, -0.1) is 0 Å². The fourth-order valence-electron chi connectivity index (χ4n) is 1.59. The quantitative estimate of drug-likeness (QED) is 0.526. The third-order valence-electron chi connectivity index (χ3n) is 2.70. The van der Waals surface area contributed by atoms with Crippen molar-refractivity contribution >= 4 is 6.29 Å². The van der Waals surface area contributed by atoms with Crippen molar-refractivity contribution in [1.29, 1.82) is 0 Å². The molecule has 4 nitrogen and oxygen atoms in total. The number of nitrogens with zero attached hydrogens (tertiary/aromatic N) is 1. The highest BCUT2D eigenvalue weighted by molar-refractivity contribution is 5.65. The summed E-state index contributed by atoms with van der Waals surface area (Å²) in [4.78, 5) is 12.9. The van der Waals surface area contributed by atoms with Crippen LogP contribution < -0.4 is 0 Å². The maximum Gasteiger partial charge on any atom is 0.154 e. The zero-order valence-electron chi connectivity index (χ0n) is 7.16. The van der Waals surface area contributed by atoms with E-state index >= 15 is 0 Å². The first-order valence-corrected chi connectivity index (χ1v) is 4.13. The molecule has 0 unspecified atom stereocenters. The Kier molecular flexibility index (Phi) is 1.90. The van der Waals surface area contributed by atoms with Crippen molar-refractivity contribution in [2.24, 2.45) is 0 Å². The van der Waals surface area contributed by atoms with E-state index in [1.807, 2.05) is 0 Å². The Morgan fingerprint density at radius 2 is 2.25 bits per heavy atom. The highest BCUT2D eigenvalue weighted by atomic mass is 16.5. The molecular formula is C8H13NO3. The van der Waals surface area contributed by atoms with Crippen molar-refractivity contribution in [2.45, 2.75) is 11.6 Å². The molecule has 0 N–H and O–H groups in total. The lowest BCUT2D eigenvalue weighted by molar-refractivity contribution is -0.179. The molecule has 0 radical (unpaired) electrons. The van der Waals surface area contributed by atoms with Crippen LogP contribution in [0.5, 0.6) is 0 Å². The predicted molar refractivity (Wildman–Crippen MR) is 42.0 cm³/mol. The van der Waals surface area contributed by atoms with Crippen LogP contribution in [-0.2, 0) is 14.3 Å². The molecule has 2 heterocycles. The van der Waals surface area contributed by atoms with Gasteiger partial charge in [0.25, 0.3) is 0 Å². The Morgan fingerprint density at radius 3 is 2.58 bits per heavy atom. The number of carbonyl (C=O) groups excluding carboxylic acids is 1. The molecule has 0 saturated carbocycles. The van der Waals surface area contributed by atoms with Crippen LogP contribution in [0.25, 0.3) is 0 Å². The topological polar surface area (TPSA) is 38.8 Å². The van der Waals surface area contributed by atoms with E-state index in [0.717, 1.165) is 32.6 Å². The lowest BCUT2D eigenvalue weighted by atomic mass is 9.93. The highest BCUT2D eigenvalue weighted by Crippen LogP contribution is 2.26. The van der Waals surface area contributed by atoms with Gasteiger partial charge in [0.2, 0.25) is 0 Å². The van der Waals surface area contributed by atoms with Gasteiger partial charge in [-0.1, -0.05) is 0 Å². The van der Waals surface area contributed by atoms with E-state index in [1.54, 1.807) is 7.11 Å². The normalized spacial score (nSPS) is 29.1. The number of likely N-dealkylation sites (tertiary alicyclic amines) is 1. The van der Waals surface area contributed by atoms with Gasteiger partial charge in [-0.2, -0.15) is 0 Å². The minimum Gasteiger partial charge on any atom is -0.378 e. The fourth-order valence-corrected chi connectivity index (χ4v) is 1.59. The fraction of sp³-hybridized carbons (Fsp3) is 0.875. The second-order valence-corrected chi connectivity index (χ2v) is 3.48. The highest BCUT2D eigenvalue weighted by Gasteiger charge is 2.47. The second-order valence-electron chi connectivity index (χ2n) is 3.48. The van der Waals surface area contributed by atoms with E-state index in [1.165, 1.54) is 0 Å². The van der Waals surface area contributed by atoms with Crippen LogP contribution in [0.1, 0.15) is 0 Å². The molecule has 2 aliphatic heterocycles. The zero-order chi connectivity index (χ0) is 8.60. The van der Waals surface area contributed by atoms with Gasteiger partial charge >= 0.3 is 0 Å². The first-order valence-electron chi connectivity index (χ1n) is 4.13. The molecule has 12 heavy (non-hydrogen) atoms. The standard InChI is InChI=1S/C8H13NO3/c1-11-8(6-10)4-9(5-8)7-2-12-3-7/h6-7H,2-5H2,1H3. The van der Waals surface area contributed by atoms with Gasteiger partial charge < -0.3 is 14.3 Å². The Labute approximate surface area is 71.4 Å². The minimum atomic E-state index is -0.518. The zero-order valence-corrected chi connectivity index (χ0v) is 7.16. The lowest BCUT2D eigenvalue weighted by Crippen LogP contribution is -2.69. The van der Waals surface area contributed by atoms with Gasteiger partial charge in [0.1, 0.15) is 5.60 Å². The van der Waals surface area contributed by atoms with Crippen molar-refractivity contribution in [2.75, 3.05) is 33.4 Å². The summed E-state index contributed by atoms with van der Waals surface area (Å²) in [6.07, 6.45) is 0.906. The van der Waals surface area contributed by atoms with E-state index in [4.69, 9.17) is 9.47 Å². The molecule has 2 aliphatic rings. The lowest BCUT2D eigenvalue weighted by Gasteiger charge is -2.51. The summed E-state index contributed by atoms with van der Waals surface area (Å²) in [6.45, 7) is 3.05. The van der Waals surface area contributed by atoms with E-state index in [0.29, 0.717) is 6.04 Å². The van der Waals surface area contributed by atoms with Crippen LogP contribution in [0, 0.1) is 0 Å². The molecule has 0 aromatic rings. The number of carbonyl (C=O) groups is 1. The number of ether oxygens (including phenoxy) is 2. The number of rotatable bonds is 3. The molecular weight excluding hydrogens is 158 g/mol. The summed E-state index contributed by atoms with van der Waals surface area (Å²) in [5.41, 5.74) is -0.518. The summed E-state index contributed by atoms with van der Waals surface area (Å²) in [7, 11) is 1.59. The first-order chi connectivity index (χ1) is 5.79. The van der Waals surface area contributed by atoms with Gasteiger partial charge in [0.15, 0.2) is 6.29 Å². The molecule has 0 atom stereocenters. The summed E-state index contributed by atoms with van der Waals surface area (Å²) in [6, 6.07) is 0.522. The first kappa shape index (κ1) is 8.16. The van der Waals surface area contributed by atoms with Crippen LogP contribution in [0.2, 0.25) is 0 Å². The van der Waals surface area contributed by atoms with Crippen LogP contribution in [0.4, 0.5) is 0 Å². The van der Waals surface area contributed by atoms with Crippen LogP contribution in [0.15, 0.2) is 0 Å². The Balaban J connectivity index is 1.84. The van der Waals surface area contributed by atoms with E-state index < -0.39 is 5.60 Å². The van der Waals surface area contributed by atoms with Gasteiger partial charge in [-0.3, -0.25) is 4.90 Å². The maximum absolute atomic E-state index is 10.6. The third kappa shape index (κ3) is 1.07. The molecule has 0 aromatic heterocycles. The second kappa shape index (κ2) is 2.80. The monoisotopic (exact) mass is 171 g/mol. The minimum absolute atomic E-state index is 0.518. The van der Waals surface area contributed by atoms with E-state index in [2.05, 4.69) is 4.90 Å². The molecule has 2 rings (SSSR count). The Bertz CT molecular complexity index is 185. The molecule has 0 spiro atoms. The van der Waals surface area contributed by atoms with Crippen LogP contribution in [-0.4, -0.2) is 56.2 Å². The van der Waals surface area contributed by atoms with Crippen LogP contribution >= 0.6 is 0 Å². The van der Waals surface area contributed by atoms with E-state index in [9.17, 15) is 4.79 Å². The number of aldehydes is 1. The average molecular weight is 171 g/mol. The van der Waals surface area contributed by atoms with Gasteiger partial charge in [0.05, 0.1) is 19.3 Å². The summed E-state index contributed by atoms with van der Waals surface area (Å²) < 4.78 is 10.2. The van der Waals surface area contributed by atoms with Crippen molar-refractivity contribution < 1.29 is 14.3 Å². The molecule has 2 fully saturated rings. The number of hydrogen-bond acceptors (Lipinski definition) is 4. The molecule has 0 aromatic carbocycles. The molecule has 0 amide bonds. The Hall–Kier alpha value is -0.450. The van der Waals surface area contributed by atoms with Crippen LogP contribution in [0.3, 0.4) is 0 Å². The number of methoxy groups -OCH3 is 1. The molecule has 2 saturated heterocycles. The average Bonchev–Trinajstić information content (AvgIpc) is 1.92. The molecule has 68 valence electrons. The summed E-state index contributed by atoms with van der Waals surface area (Å²) in [5, 5.41) is 0. The molecule has 0 bridgehead atoms. The predicted octanol–water partition coefficient (Wildman–Crippen LogP) is -0.715. The van der Waals surface area contributed by atoms with E-state index in [-0.39, 0.29) is 0 Å².